The van der Waals surface area contributed by atoms with Gasteiger partial charge in [-0.05, 0) is 12.3 Å². The predicted octanol–water partition coefficient (Wildman–Crippen LogP) is -0.294. The van der Waals surface area contributed by atoms with E-state index in [1.165, 1.54) is 0 Å². The Labute approximate surface area is 77.3 Å². The molecule has 4 heteroatoms. The number of nitrogens with zero attached hydrogens (tertiary/aromatic N) is 2. The summed E-state index contributed by atoms with van der Waals surface area (Å²) in [6.45, 7) is 1.24. The number of amides is 1. The lowest BCUT2D eigenvalue weighted by atomic mass is 10.0. The van der Waals surface area contributed by atoms with Crippen LogP contribution in [-0.4, -0.2) is 29.9 Å². The average Bonchev–Trinajstić information content (AvgIpc) is 2.64. The Kier molecular flexibility index (Phi) is 1.97. The second kappa shape index (κ2) is 3.00. The topological polar surface area (TPSA) is 70.1 Å². The van der Waals surface area contributed by atoms with Crippen LogP contribution in [0.25, 0.3) is 0 Å². The first kappa shape index (κ1) is 8.52. The number of hydrogen-bond donors (Lipinski definition) is 1. The molecular formula is C9H13N3O. The Morgan fingerprint density at radius 2 is 2.23 bits per heavy atom. The molecule has 1 heterocycles. The van der Waals surface area contributed by atoms with E-state index in [0.717, 1.165) is 6.42 Å². The fraction of sp³-hybridized carbons (Fsp3) is 0.778. The molecule has 1 aliphatic heterocycles. The molecule has 4 nitrogen and oxygen atoms in total. The lowest BCUT2D eigenvalue weighted by Gasteiger charge is -2.35. The lowest BCUT2D eigenvalue weighted by molar-refractivity contribution is -0.136. The molecule has 13 heavy (non-hydrogen) atoms. The molecular weight excluding hydrogens is 166 g/mol. The summed E-state index contributed by atoms with van der Waals surface area (Å²) >= 11 is 0. The van der Waals surface area contributed by atoms with Gasteiger partial charge < -0.3 is 10.6 Å². The van der Waals surface area contributed by atoms with E-state index in [4.69, 9.17) is 11.0 Å². The SMILES string of the molecule is N#CC1CN(C(=O)CC2CC2N)C1. The largest absolute Gasteiger partial charge is 0.340 e. The molecule has 70 valence electrons. The first-order valence-corrected chi connectivity index (χ1v) is 4.63. The van der Waals surface area contributed by atoms with Gasteiger partial charge in [-0.2, -0.15) is 5.26 Å². The summed E-state index contributed by atoms with van der Waals surface area (Å²) < 4.78 is 0. The zero-order chi connectivity index (χ0) is 9.42. The van der Waals surface area contributed by atoms with Crippen molar-refractivity contribution in [2.24, 2.45) is 17.6 Å². The number of rotatable bonds is 2. The van der Waals surface area contributed by atoms with E-state index in [9.17, 15) is 4.79 Å². The third kappa shape index (κ3) is 1.65. The van der Waals surface area contributed by atoms with Crippen molar-refractivity contribution in [1.29, 1.82) is 5.26 Å². The highest BCUT2D eigenvalue weighted by atomic mass is 16.2. The quantitative estimate of drug-likeness (QED) is 0.633. The molecule has 1 saturated heterocycles. The van der Waals surface area contributed by atoms with Crippen molar-refractivity contribution < 1.29 is 4.79 Å². The van der Waals surface area contributed by atoms with Gasteiger partial charge in [-0.15, -0.1) is 0 Å². The summed E-state index contributed by atoms with van der Waals surface area (Å²) in [7, 11) is 0. The van der Waals surface area contributed by atoms with Crippen LogP contribution in [0.5, 0.6) is 0 Å². The number of hydrogen-bond acceptors (Lipinski definition) is 3. The van der Waals surface area contributed by atoms with Gasteiger partial charge in [0.15, 0.2) is 0 Å². The van der Waals surface area contributed by atoms with E-state index in [1.54, 1.807) is 4.90 Å². The van der Waals surface area contributed by atoms with Gasteiger partial charge >= 0.3 is 0 Å². The van der Waals surface area contributed by atoms with Crippen molar-refractivity contribution in [3.05, 3.63) is 0 Å². The summed E-state index contributed by atoms with van der Waals surface area (Å²) in [4.78, 5) is 13.2. The molecule has 2 fully saturated rings. The fourth-order valence-corrected chi connectivity index (χ4v) is 1.62. The van der Waals surface area contributed by atoms with Crippen molar-refractivity contribution in [2.75, 3.05) is 13.1 Å². The molecule has 2 N–H and O–H groups in total. The Morgan fingerprint density at radius 1 is 1.62 bits per heavy atom. The van der Waals surface area contributed by atoms with E-state index < -0.39 is 0 Å². The minimum Gasteiger partial charge on any atom is -0.340 e. The molecule has 0 aromatic rings. The van der Waals surface area contributed by atoms with Gasteiger partial charge in [0.1, 0.15) is 0 Å². The van der Waals surface area contributed by atoms with Crippen molar-refractivity contribution in [3.63, 3.8) is 0 Å². The van der Waals surface area contributed by atoms with Crippen LogP contribution in [0.15, 0.2) is 0 Å². The molecule has 2 unspecified atom stereocenters. The summed E-state index contributed by atoms with van der Waals surface area (Å²) in [6.07, 6.45) is 1.57. The lowest BCUT2D eigenvalue weighted by Crippen LogP contribution is -2.49. The zero-order valence-electron chi connectivity index (χ0n) is 7.44. The molecule has 1 amide bonds. The minimum absolute atomic E-state index is 0.0665. The Morgan fingerprint density at radius 3 is 2.69 bits per heavy atom. The van der Waals surface area contributed by atoms with Gasteiger partial charge in [-0.25, -0.2) is 0 Å². The second-order valence-corrected chi connectivity index (χ2v) is 3.99. The van der Waals surface area contributed by atoms with Crippen molar-refractivity contribution in [2.45, 2.75) is 18.9 Å². The van der Waals surface area contributed by atoms with Crippen LogP contribution in [0.3, 0.4) is 0 Å². The summed E-state index contributed by atoms with van der Waals surface area (Å²) in [5.74, 6) is 0.648. The van der Waals surface area contributed by atoms with Crippen molar-refractivity contribution in [1.82, 2.24) is 4.90 Å². The van der Waals surface area contributed by atoms with Crippen LogP contribution in [0.2, 0.25) is 0 Å². The number of nitriles is 1. The number of carbonyl (C=O) groups is 1. The molecule has 2 rings (SSSR count). The van der Waals surface area contributed by atoms with Crippen LogP contribution >= 0.6 is 0 Å². The molecule has 0 spiro atoms. The molecule has 0 radical (unpaired) electrons. The van der Waals surface area contributed by atoms with E-state index in [-0.39, 0.29) is 17.9 Å². The van der Waals surface area contributed by atoms with Gasteiger partial charge in [0.25, 0.3) is 0 Å². The molecule has 0 aromatic heterocycles. The van der Waals surface area contributed by atoms with E-state index in [0.29, 0.717) is 25.4 Å². The zero-order valence-corrected chi connectivity index (χ0v) is 7.44. The molecule has 2 atom stereocenters. The minimum atomic E-state index is 0.0665. The fourth-order valence-electron chi connectivity index (χ4n) is 1.62. The summed E-state index contributed by atoms with van der Waals surface area (Å²) in [5, 5.41) is 8.51. The standard InChI is InChI=1S/C9H13N3O/c10-3-6-4-12(5-6)9(13)2-7-1-8(7)11/h6-8H,1-2,4-5,11H2. The van der Waals surface area contributed by atoms with Crippen LogP contribution in [0, 0.1) is 23.2 Å². The highest BCUT2D eigenvalue weighted by molar-refractivity contribution is 5.77. The molecule has 0 bridgehead atoms. The van der Waals surface area contributed by atoms with Gasteiger partial charge in [0.2, 0.25) is 5.91 Å². The molecule has 2 aliphatic rings. The van der Waals surface area contributed by atoms with Crippen molar-refractivity contribution in [3.8, 4) is 6.07 Å². The Hall–Kier alpha value is -1.08. The number of carbonyl (C=O) groups excluding carboxylic acids is 1. The smallest absolute Gasteiger partial charge is 0.222 e. The maximum Gasteiger partial charge on any atom is 0.222 e. The van der Waals surface area contributed by atoms with E-state index >= 15 is 0 Å². The van der Waals surface area contributed by atoms with Gasteiger partial charge in [0.05, 0.1) is 12.0 Å². The van der Waals surface area contributed by atoms with E-state index in [2.05, 4.69) is 6.07 Å². The number of nitrogens with two attached hydrogens (primary N) is 1. The average molecular weight is 179 g/mol. The predicted molar refractivity (Wildman–Crippen MR) is 46.4 cm³/mol. The highest BCUT2D eigenvalue weighted by Gasteiger charge is 2.38. The van der Waals surface area contributed by atoms with Crippen LogP contribution in [0.1, 0.15) is 12.8 Å². The van der Waals surface area contributed by atoms with Crippen molar-refractivity contribution >= 4 is 5.91 Å². The first-order valence-electron chi connectivity index (χ1n) is 4.63. The van der Waals surface area contributed by atoms with Gasteiger partial charge in [-0.1, -0.05) is 0 Å². The molecule has 1 aliphatic carbocycles. The third-order valence-electron chi connectivity index (χ3n) is 2.83. The molecule has 1 saturated carbocycles. The molecule has 0 aromatic carbocycles. The maximum atomic E-state index is 11.4. The monoisotopic (exact) mass is 179 g/mol. The highest BCUT2D eigenvalue weighted by Crippen LogP contribution is 2.32. The Balaban J connectivity index is 1.71. The summed E-state index contributed by atoms with van der Waals surface area (Å²) in [5.41, 5.74) is 5.60. The first-order chi connectivity index (χ1) is 6.20. The summed E-state index contributed by atoms with van der Waals surface area (Å²) in [6, 6.07) is 2.39. The maximum absolute atomic E-state index is 11.4. The van der Waals surface area contributed by atoms with Crippen LogP contribution in [0.4, 0.5) is 0 Å². The van der Waals surface area contributed by atoms with Crippen LogP contribution < -0.4 is 5.73 Å². The second-order valence-electron chi connectivity index (χ2n) is 3.99. The Bertz CT molecular complexity index is 265. The van der Waals surface area contributed by atoms with Crippen LogP contribution in [-0.2, 0) is 4.79 Å². The van der Waals surface area contributed by atoms with Gasteiger partial charge in [0, 0.05) is 25.6 Å². The normalized spacial score (nSPS) is 32.2. The van der Waals surface area contributed by atoms with E-state index in [1.807, 2.05) is 0 Å². The van der Waals surface area contributed by atoms with Gasteiger partial charge in [-0.3, -0.25) is 4.79 Å². The third-order valence-corrected chi connectivity index (χ3v) is 2.83. The number of likely N-dealkylation sites (tertiary alicyclic amines) is 1.